The second kappa shape index (κ2) is 6.19. The zero-order chi connectivity index (χ0) is 15.6. The Kier molecular flexibility index (Phi) is 5.28. The minimum absolute atomic E-state index is 0.132. The predicted octanol–water partition coefficient (Wildman–Crippen LogP) is 2.56. The third kappa shape index (κ3) is 3.02. The van der Waals surface area contributed by atoms with Crippen molar-refractivity contribution in [3.63, 3.8) is 0 Å². The molecule has 6 nitrogen and oxygen atoms in total. The number of sulfone groups is 1. The molecule has 8 heteroatoms. The van der Waals surface area contributed by atoms with Crippen molar-refractivity contribution in [3.8, 4) is 0 Å². The van der Waals surface area contributed by atoms with Gasteiger partial charge >= 0.3 is 0 Å². The van der Waals surface area contributed by atoms with Gasteiger partial charge in [-0.25, -0.2) is 8.42 Å². The van der Waals surface area contributed by atoms with E-state index in [4.69, 9.17) is 0 Å². The largest absolute Gasteiger partial charge is 0.386 e. The molecule has 1 aromatic carbocycles. The highest BCUT2D eigenvalue weighted by Gasteiger charge is 2.46. The SMILES string of the molecule is CCC(Br)(C(O)c1cccc([N+](=O)[O-])c1)S(=O)(=O)CC. The van der Waals surface area contributed by atoms with E-state index in [0.717, 1.165) is 0 Å². The number of nitrogens with zero attached hydrogens (tertiary/aromatic N) is 1. The van der Waals surface area contributed by atoms with Crippen LogP contribution in [0.4, 0.5) is 5.69 Å². The van der Waals surface area contributed by atoms with Crippen molar-refractivity contribution < 1.29 is 18.4 Å². The molecule has 1 N–H and O–H groups in total. The van der Waals surface area contributed by atoms with Crippen molar-refractivity contribution in [2.45, 2.75) is 30.0 Å². The van der Waals surface area contributed by atoms with Crippen LogP contribution >= 0.6 is 15.9 Å². The van der Waals surface area contributed by atoms with E-state index in [2.05, 4.69) is 15.9 Å². The maximum absolute atomic E-state index is 12.1. The molecule has 0 amide bonds. The van der Waals surface area contributed by atoms with Gasteiger partial charge in [-0.15, -0.1) is 0 Å². The fourth-order valence-electron chi connectivity index (χ4n) is 1.88. The minimum Gasteiger partial charge on any atom is -0.386 e. The van der Waals surface area contributed by atoms with E-state index < -0.39 is 24.5 Å². The molecule has 1 rings (SSSR count). The van der Waals surface area contributed by atoms with Crippen molar-refractivity contribution in [2.24, 2.45) is 0 Å². The van der Waals surface area contributed by atoms with Crippen LogP contribution in [0.15, 0.2) is 24.3 Å². The van der Waals surface area contributed by atoms with Crippen molar-refractivity contribution >= 4 is 31.5 Å². The molecule has 0 bridgehead atoms. The zero-order valence-electron chi connectivity index (χ0n) is 11.1. The van der Waals surface area contributed by atoms with E-state index in [0.29, 0.717) is 0 Å². The minimum atomic E-state index is -3.59. The van der Waals surface area contributed by atoms with Crippen LogP contribution in [-0.4, -0.2) is 27.9 Å². The number of aliphatic hydroxyl groups is 1. The number of rotatable bonds is 6. The summed E-state index contributed by atoms with van der Waals surface area (Å²) in [6, 6.07) is 5.35. The Hall–Kier alpha value is -0.990. The number of alkyl halides is 1. The summed E-state index contributed by atoms with van der Waals surface area (Å²) < 4.78 is 22.7. The van der Waals surface area contributed by atoms with Crippen LogP contribution in [0.5, 0.6) is 0 Å². The van der Waals surface area contributed by atoms with E-state index in [1.807, 2.05) is 0 Å². The summed E-state index contributed by atoms with van der Waals surface area (Å²) in [5, 5.41) is 21.1. The number of nitro groups is 1. The van der Waals surface area contributed by atoms with Gasteiger partial charge in [0.05, 0.1) is 4.92 Å². The van der Waals surface area contributed by atoms with Crippen molar-refractivity contribution in [1.29, 1.82) is 0 Å². The van der Waals surface area contributed by atoms with E-state index >= 15 is 0 Å². The fourth-order valence-corrected chi connectivity index (χ4v) is 4.23. The van der Waals surface area contributed by atoms with E-state index in [9.17, 15) is 23.6 Å². The maximum Gasteiger partial charge on any atom is 0.269 e. The van der Waals surface area contributed by atoms with Gasteiger partial charge in [0.15, 0.2) is 13.5 Å². The second-order valence-corrected chi connectivity index (χ2v) is 8.77. The summed E-state index contributed by atoms with van der Waals surface area (Å²) in [5.74, 6) is -0.141. The van der Waals surface area contributed by atoms with Gasteiger partial charge in [-0.2, -0.15) is 0 Å². The van der Waals surface area contributed by atoms with Gasteiger partial charge in [0, 0.05) is 17.9 Å². The second-order valence-electron chi connectivity index (χ2n) is 4.30. The molecule has 112 valence electrons. The van der Waals surface area contributed by atoms with Gasteiger partial charge in [-0.1, -0.05) is 41.9 Å². The Morgan fingerprint density at radius 3 is 2.50 bits per heavy atom. The molecular formula is C12H16BrNO5S. The lowest BCUT2D eigenvalue weighted by molar-refractivity contribution is -0.385. The highest BCUT2D eigenvalue weighted by Crippen LogP contribution is 2.42. The Morgan fingerprint density at radius 1 is 1.45 bits per heavy atom. The fraction of sp³-hybridized carbons (Fsp3) is 0.500. The van der Waals surface area contributed by atoms with Crippen molar-refractivity contribution in [1.82, 2.24) is 0 Å². The monoisotopic (exact) mass is 365 g/mol. The summed E-state index contributed by atoms with van der Waals surface area (Å²) in [5.41, 5.74) is -0.00338. The van der Waals surface area contributed by atoms with Gasteiger partial charge < -0.3 is 5.11 Å². The number of nitro benzene ring substituents is 1. The zero-order valence-corrected chi connectivity index (χ0v) is 13.5. The first-order chi connectivity index (χ1) is 9.19. The molecular weight excluding hydrogens is 350 g/mol. The first-order valence-corrected chi connectivity index (χ1v) is 8.47. The Bertz CT molecular complexity index is 604. The lowest BCUT2D eigenvalue weighted by Gasteiger charge is -2.31. The number of non-ortho nitro benzene ring substituents is 1. The molecule has 20 heavy (non-hydrogen) atoms. The van der Waals surface area contributed by atoms with Crippen LogP contribution in [-0.2, 0) is 9.84 Å². The van der Waals surface area contributed by atoms with Crippen LogP contribution < -0.4 is 0 Å². The number of hydrogen-bond acceptors (Lipinski definition) is 5. The number of hydrogen-bond donors (Lipinski definition) is 1. The van der Waals surface area contributed by atoms with Crippen LogP contribution in [0.1, 0.15) is 31.9 Å². The summed E-state index contributed by atoms with van der Waals surface area (Å²) in [7, 11) is -3.59. The quantitative estimate of drug-likeness (QED) is 0.474. The van der Waals surface area contributed by atoms with Crippen LogP contribution in [0.3, 0.4) is 0 Å². The summed E-state index contributed by atoms with van der Waals surface area (Å²) in [6.45, 7) is 3.11. The highest BCUT2D eigenvalue weighted by atomic mass is 79.9. The molecule has 2 atom stereocenters. The van der Waals surface area contributed by atoms with E-state index in [1.165, 1.54) is 31.2 Å². The maximum atomic E-state index is 12.1. The molecule has 0 aliphatic carbocycles. The van der Waals surface area contributed by atoms with Crippen LogP contribution in [0, 0.1) is 10.1 Å². The molecule has 1 aromatic rings. The van der Waals surface area contributed by atoms with Crippen LogP contribution in [0.2, 0.25) is 0 Å². The number of aliphatic hydroxyl groups excluding tert-OH is 1. The molecule has 0 saturated carbocycles. The van der Waals surface area contributed by atoms with E-state index in [1.54, 1.807) is 6.92 Å². The molecule has 2 unspecified atom stereocenters. The molecule has 0 aliphatic heterocycles. The molecule has 0 aromatic heterocycles. The normalized spacial score (nSPS) is 16.4. The molecule has 0 spiro atoms. The Morgan fingerprint density at radius 2 is 2.05 bits per heavy atom. The average Bonchev–Trinajstić information content (AvgIpc) is 2.45. The lowest BCUT2D eigenvalue weighted by atomic mass is 10.0. The lowest BCUT2D eigenvalue weighted by Crippen LogP contribution is -2.39. The first kappa shape index (κ1) is 17.1. The van der Waals surface area contributed by atoms with Gasteiger partial charge in [0.2, 0.25) is 0 Å². The molecule has 0 heterocycles. The van der Waals surface area contributed by atoms with Gasteiger partial charge in [0.25, 0.3) is 5.69 Å². The average molecular weight is 366 g/mol. The third-order valence-electron chi connectivity index (χ3n) is 3.18. The van der Waals surface area contributed by atoms with E-state index in [-0.39, 0.29) is 23.4 Å². The highest BCUT2D eigenvalue weighted by molar-refractivity contribution is 9.11. The Labute approximate surface area is 126 Å². The number of benzene rings is 1. The summed E-state index contributed by atoms with van der Waals surface area (Å²) in [4.78, 5) is 10.2. The summed E-state index contributed by atoms with van der Waals surface area (Å²) in [6.07, 6.45) is -1.26. The molecule has 0 aliphatic rings. The summed E-state index contributed by atoms with van der Waals surface area (Å²) >= 11 is 3.12. The molecule has 0 saturated heterocycles. The molecule has 0 fully saturated rings. The third-order valence-corrected chi connectivity index (χ3v) is 7.96. The Balaban J connectivity index is 3.31. The smallest absolute Gasteiger partial charge is 0.269 e. The van der Waals surface area contributed by atoms with Crippen molar-refractivity contribution in [3.05, 3.63) is 39.9 Å². The standard InChI is InChI=1S/C12H16BrNO5S/c1-3-12(13,20(18,19)4-2)11(15)9-6-5-7-10(8-9)14(16)17/h5-8,11,15H,3-4H2,1-2H3. The van der Waals surface area contributed by atoms with Gasteiger partial charge in [-0.3, -0.25) is 10.1 Å². The topological polar surface area (TPSA) is 97.5 Å². The first-order valence-electron chi connectivity index (χ1n) is 6.03. The van der Waals surface area contributed by atoms with Gasteiger partial charge in [0.1, 0.15) is 6.10 Å². The molecule has 0 radical (unpaired) electrons. The number of halogens is 1. The van der Waals surface area contributed by atoms with Crippen molar-refractivity contribution in [2.75, 3.05) is 5.75 Å². The predicted molar refractivity (Wildman–Crippen MR) is 79.5 cm³/mol. The van der Waals surface area contributed by atoms with Crippen LogP contribution in [0.25, 0.3) is 0 Å². The van der Waals surface area contributed by atoms with Gasteiger partial charge in [-0.05, 0) is 12.0 Å².